The Bertz CT molecular complexity index is 718. The van der Waals surface area contributed by atoms with Gasteiger partial charge in [0.25, 0.3) is 0 Å². The lowest BCUT2D eigenvalue weighted by Gasteiger charge is -2.16. The van der Waals surface area contributed by atoms with Crippen LogP contribution in [0.4, 0.5) is 5.82 Å². The van der Waals surface area contributed by atoms with Crippen LogP contribution < -0.4 is 10.2 Å². The lowest BCUT2D eigenvalue weighted by molar-refractivity contribution is 0.667. The molecule has 114 valence electrons. The molecule has 3 aromatic rings. The molecule has 5 nitrogen and oxygen atoms in total. The van der Waals surface area contributed by atoms with E-state index in [1.807, 2.05) is 55.1 Å². The Balaban J connectivity index is 1.66. The van der Waals surface area contributed by atoms with Gasteiger partial charge in [-0.25, -0.2) is 9.97 Å². The highest BCUT2D eigenvalue weighted by atomic mass is 32.1. The molecule has 3 heterocycles. The minimum absolute atomic E-state index is 0.782. The molecule has 3 aromatic heterocycles. The van der Waals surface area contributed by atoms with Crippen molar-refractivity contribution >= 4 is 17.2 Å². The quantitative estimate of drug-likeness (QED) is 0.760. The van der Waals surface area contributed by atoms with E-state index in [0.717, 1.165) is 24.0 Å². The maximum atomic E-state index is 4.42. The fourth-order valence-electron chi connectivity index (χ4n) is 2.38. The van der Waals surface area contributed by atoms with E-state index in [1.54, 1.807) is 11.3 Å². The van der Waals surface area contributed by atoms with Crippen LogP contribution >= 0.6 is 11.3 Å². The maximum Gasteiger partial charge on any atom is 0.193 e. The van der Waals surface area contributed by atoms with Gasteiger partial charge >= 0.3 is 0 Å². The smallest absolute Gasteiger partial charge is 0.193 e. The monoisotopic (exact) mass is 313 g/mol. The van der Waals surface area contributed by atoms with Crippen molar-refractivity contribution in [3.8, 4) is 5.13 Å². The first-order valence-electron chi connectivity index (χ1n) is 7.14. The molecule has 1 N–H and O–H groups in total. The number of anilines is 1. The standard InChI is InChI=1S/C16H19N5S/c1-20(2)15-13(5-3-7-18-15)11-17-12-14-6-4-9-21(14)16-19-8-10-22-16/h3-10,17H,11-12H2,1-2H3. The van der Waals surface area contributed by atoms with E-state index in [0.29, 0.717) is 0 Å². The van der Waals surface area contributed by atoms with E-state index in [1.165, 1.54) is 11.3 Å². The third-order valence-corrected chi connectivity index (χ3v) is 4.14. The predicted octanol–water partition coefficient (Wildman–Crippen LogP) is 2.68. The van der Waals surface area contributed by atoms with E-state index >= 15 is 0 Å². The van der Waals surface area contributed by atoms with Gasteiger partial charge in [-0.3, -0.25) is 4.57 Å². The number of thiazole rings is 1. The van der Waals surface area contributed by atoms with E-state index < -0.39 is 0 Å². The first kappa shape index (κ1) is 14.7. The molecule has 0 aliphatic carbocycles. The Kier molecular flexibility index (Phi) is 4.50. The van der Waals surface area contributed by atoms with E-state index in [4.69, 9.17) is 0 Å². The number of hydrogen-bond acceptors (Lipinski definition) is 5. The normalized spacial score (nSPS) is 10.8. The molecule has 0 saturated carbocycles. The number of nitrogens with one attached hydrogen (secondary N) is 1. The minimum Gasteiger partial charge on any atom is -0.362 e. The average Bonchev–Trinajstić information content (AvgIpc) is 3.18. The van der Waals surface area contributed by atoms with Crippen molar-refractivity contribution in [1.82, 2.24) is 19.9 Å². The minimum atomic E-state index is 0.782. The van der Waals surface area contributed by atoms with Crippen LogP contribution in [-0.4, -0.2) is 28.6 Å². The second-order valence-electron chi connectivity index (χ2n) is 5.17. The van der Waals surface area contributed by atoms with Gasteiger partial charge in [-0.1, -0.05) is 6.07 Å². The summed E-state index contributed by atoms with van der Waals surface area (Å²) < 4.78 is 2.12. The van der Waals surface area contributed by atoms with Crippen LogP contribution in [0.25, 0.3) is 5.13 Å². The summed E-state index contributed by atoms with van der Waals surface area (Å²) in [5, 5.41) is 6.48. The first-order valence-corrected chi connectivity index (χ1v) is 8.01. The molecule has 0 spiro atoms. The summed E-state index contributed by atoms with van der Waals surface area (Å²) >= 11 is 1.64. The van der Waals surface area contributed by atoms with Gasteiger partial charge in [-0.2, -0.15) is 0 Å². The highest BCUT2D eigenvalue weighted by Crippen LogP contribution is 2.16. The second-order valence-corrected chi connectivity index (χ2v) is 6.04. The Morgan fingerprint density at radius 2 is 2.05 bits per heavy atom. The van der Waals surface area contributed by atoms with Crippen molar-refractivity contribution in [2.75, 3.05) is 19.0 Å². The molecule has 3 rings (SSSR count). The molecule has 0 bridgehead atoms. The van der Waals surface area contributed by atoms with Crippen LogP contribution in [0.3, 0.4) is 0 Å². The average molecular weight is 313 g/mol. The highest BCUT2D eigenvalue weighted by Gasteiger charge is 2.07. The molecule has 0 fully saturated rings. The van der Waals surface area contributed by atoms with Crippen LogP contribution in [0, 0.1) is 0 Å². The summed E-state index contributed by atoms with van der Waals surface area (Å²) in [5.41, 5.74) is 2.39. The Morgan fingerprint density at radius 1 is 1.14 bits per heavy atom. The molecule has 0 amide bonds. The van der Waals surface area contributed by atoms with Crippen molar-refractivity contribution < 1.29 is 0 Å². The van der Waals surface area contributed by atoms with E-state index in [9.17, 15) is 0 Å². The zero-order chi connectivity index (χ0) is 15.4. The molecule has 0 unspecified atom stereocenters. The molecule has 0 saturated heterocycles. The zero-order valence-corrected chi connectivity index (χ0v) is 13.5. The molecule has 6 heteroatoms. The summed E-state index contributed by atoms with van der Waals surface area (Å²) in [6.07, 6.45) is 5.70. The molecule has 0 atom stereocenters. The number of rotatable bonds is 6. The van der Waals surface area contributed by atoms with Gasteiger partial charge in [-0.05, 0) is 18.2 Å². The number of pyridine rings is 1. The number of nitrogens with zero attached hydrogens (tertiary/aromatic N) is 4. The number of hydrogen-bond donors (Lipinski definition) is 1. The van der Waals surface area contributed by atoms with Gasteiger partial charge < -0.3 is 10.2 Å². The lowest BCUT2D eigenvalue weighted by Crippen LogP contribution is -2.19. The first-order chi connectivity index (χ1) is 10.8. The maximum absolute atomic E-state index is 4.42. The molecule has 22 heavy (non-hydrogen) atoms. The van der Waals surface area contributed by atoms with E-state index in [-0.39, 0.29) is 0 Å². The van der Waals surface area contributed by atoms with Crippen molar-refractivity contribution in [1.29, 1.82) is 0 Å². The fraction of sp³-hybridized carbons (Fsp3) is 0.250. The largest absolute Gasteiger partial charge is 0.362 e. The lowest BCUT2D eigenvalue weighted by atomic mass is 10.2. The van der Waals surface area contributed by atoms with Crippen LogP contribution in [0.2, 0.25) is 0 Å². The van der Waals surface area contributed by atoms with Crippen molar-refractivity contribution in [2.24, 2.45) is 0 Å². The Hall–Kier alpha value is -2.18. The predicted molar refractivity (Wildman–Crippen MR) is 90.5 cm³/mol. The van der Waals surface area contributed by atoms with Crippen LogP contribution in [0.1, 0.15) is 11.3 Å². The molecule has 0 radical (unpaired) electrons. The topological polar surface area (TPSA) is 46.0 Å². The Labute approximate surface area is 134 Å². The molecular formula is C16H19N5S. The van der Waals surface area contributed by atoms with Crippen molar-refractivity contribution in [3.05, 3.63) is 59.5 Å². The van der Waals surface area contributed by atoms with Gasteiger partial charge in [-0.15, -0.1) is 11.3 Å². The molecule has 0 aliphatic rings. The van der Waals surface area contributed by atoms with Gasteiger partial charge in [0, 0.05) is 62.4 Å². The fourth-order valence-corrected chi connectivity index (χ4v) is 3.03. The van der Waals surface area contributed by atoms with Crippen molar-refractivity contribution in [3.63, 3.8) is 0 Å². The van der Waals surface area contributed by atoms with Crippen molar-refractivity contribution in [2.45, 2.75) is 13.1 Å². The number of aromatic nitrogens is 3. The van der Waals surface area contributed by atoms with Gasteiger partial charge in [0.2, 0.25) is 0 Å². The van der Waals surface area contributed by atoms with Gasteiger partial charge in [0.05, 0.1) is 0 Å². The summed E-state index contributed by atoms with van der Waals surface area (Å²) in [7, 11) is 4.03. The third-order valence-electron chi connectivity index (χ3n) is 3.37. The summed E-state index contributed by atoms with van der Waals surface area (Å²) in [5.74, 6) is 1.00. The molecule has 0 aliphatic heterocycles. The summed E-state index contributed by atoms with van der Waals surface area (Å²) in [4.78, 5) is 10.8. The third kappa shape index (κ3) is 3.18. The Morgan fingerprint density at radius 3 is 2.82 bits per heavy atom. The van der Waals surface area contributed by atoms with Crippen LogP contribution in [0.15, 0.2) is 48.2 Å². The summed E-state index contributed by atoms with van der Waals surface area (Å²) in [6, 6.07) is 8.25. The summed E-state index contributed by atoms with van der Waals surface area (Å²) in [6.45, 7) is 1.57. The molecular weight excluding hydrogens is 294 g/mol. The van der Waals surface area contributed by atoms with Gasteiger partial charge in [0.1, 0.15) is 5.82 Å². The highest BCUT2D eigenvalue weighted by molar-refractivity contribution is 7.12. The SMILES string of the molecule is CN(C)c1ncccc1CNCc1cccn1-c1nccs1. The van der Waals surface area contributed by atoms with Gasteiger partial charge in [0.15, 0.2) is 5.13 Å². The molecule has 0 aromatic carbocycles. The van der Waals surface area contributed by atoms with Crippen LogP contribution in [0.5, 0.6) is 0 Å². The van der Waals surface area contributed by atoms with Crippen LogP contribution in [-0.2, 0) is 13.1 Å². The zero-order valence-electron chi connectivity index (χ0n) is 12.7. The second kappa shape index (κ2) is 6.72. The van der Waals surface area contributed by atoms with E-state index in [2.05, 4.69) is 32.0 Å².